The van der Waals surface area contributed by atoms with E-state index >= 15 is 0 Å². The van der Waals surface area contributed by atoms with Crippen LogP contribution in [0.15, 0.2) is 61.1 Å². The number of benzene rings is 2. The molecule has 0 saturated carbocycles. The minimum Gasteiger partial charge on any atom is -0.360 e. The predicted molar refractivity (Wildman–Crippen MR) is 101 cm³/mol. The summed E-state index contributed by atoms with van der Waals surface area (Å²) in [6.45, 7) is 0.694. The Morgan fingerprint density at radius 1 is 1.17 bits per heavy atom. The van der Waals surface area contributed by atoms with Crippen LogP contribution < -0.4 is 10.6 Å². The summed E-state index contributed by atoms with van der Waals surface area (Å²) in [5, 5.41) is 7.76. The first-order valence-corrected chi connectivity index (χ1v) is 8.42. The minimum atomic E-state index is 0.184. The van der Waals surface area contributed by atoms with Gasteiger partial charge in [0.05, 0.1) is 24.3 Å². The fourth-order valence-corrected chi connectivity index (χ4v) is 3.37. The number of imidazole rings is 1. The first kappa shape index (κ1) is 15.2. The number of hydrogen-bond donors (Lipinski definition) is 2. The second-order valence-electron chi connectivity index (χ2n) is 5.63. The molecule has 0 aliphatic carbocycles. The molecule has 0 amide bonds. The van der Waals surface area contributed by atoms with Crippen molar-refractivity contribution in [2.45, 2.75) is 6.04 Å². The van der Waals surface area contributed by atoms with Gasteiger partial charge in [-0.05, 0) is 42.0 Å². The van der Waals surface area contributed by atoms with Crippen LogP contribution >= 0.6 is 23.8 Å². The highest BCUT2D eigenvalue weighted by molar-refractivity contribution is 7.80. The number of thiocarbonyl (C=S) groups is 1. The van der Waals surface area contributed by atoms with E-state index in [-0.39, 0.29) is 6.04 Å². The Morgan fingerprint density at radius 3 is 2.79 bits per heavy atom. The Hall–Kier alpha value is -2.37. The number of anilines is 1. The van der Waals surface area contributed by atoms with Crippen molar-refractivity contribution in [3.63, 3.8) is 0 Å². The molecule has 6 heteroatoms. The second-order valence-corrected chi connectivity index (χ2v) is 6.48. The summed E-state index contributed by atoms with van der Waals surface area (Å²) < 4.78 is 2.18. The maximum absolute atomic E-state index is 5.90. The van der Waals surface area contributed by atoms with E-state index in [1.54, 1.807) is 0 Å². The summed E-state index contributed by atoms with van der Waals surface area (Å²) in [7, 11) is 0. The third kappa shape index (κ3) is 2.77. The van der Waals surface area contributed by atoms with E-state index in [4.69, 9.17) is 23.8 Å². The van der Waals surface area contributed by atoms with Crippen molar-refractivity contribution >= 4 is 34.6 Å². The van der Waals surface area contributed by atoms with Crippen LogP contribution in [-0.2, 0) is 0 Å². The Labute approximate surface area is 150 Å². The summed E-state index contributed by atoms with van der Waals surface area (Å²) in [5.41, 5.74) is 4.58. The molecule has 0 radical (unpaired) electrons. The van der Waals surface area contributed by atoms with Gasteiger partial charge in [0.1, 0.15) is 0 Å². The van der Waals surface area contributed by atoms with Gasteiger partial charge in [0.15, 0.2) is 5.11 Å². The van der Waals surface area contributed by atoms with Gasteiger partial charge in [0.2, 0.25) is 0 Å². The molecule has 1 aliphatic rings. The van der Waals surface area contributed by atoms with Gasteiger partial charge >= 0.3 is 0 Å². The molecule has 2 heterocycles. The van der Waals surface area contributed by atoms with Gasteiger partial charge in [-0.3, -0.25) is 0 Å². The molecule has 3 aromatic rings. The number of nitrogens with zero attached hydrogens (tertiary/aromatic N) is 2. The molecule has 2 N–H and O–H groups in total. The van der Waals surface area contributed by atoms with Gasteiger partial charge in [0, 0.05) is 22.8 Å². The zero-order valence-corrected chi connectivity index (χ0v) is 14.3. The third-order valence-corrected chi connectivity index (χ3v) is 4.65. The Kier molecular flexibility index (Phi) is 3.96. The molecule has 0 spiro atoms. The quantitative estimate of drug-likeness (QED) is 0.695. The lowest BCUT2D eigenvalue weighted by atomic mass is 10.0. The summed E-state index contributed by atoms with van der Waals surface area (Å²) in [6.07, 6.45) is 3.78. The highest BCUT2D eigenvalue weighted by Crippen LogP contribution is 2.38. The number of aromatic nitrogens is 2. The Balaban J connectivity index is 1.46. The maximum Gasteiger partial charge on any atom is 0.170 e. The Morgan fingerprint density at radius 2 is 1.96 bits per heavy atom. The lowest BCUT2D eigenvalue weighted by molar-refractivity contribution is 0.595. The summed E-state index contributed by atoms with van der Waals surface area (Å²) >= 11 is 11.3. The van der Waals surface area contributed by atoms with E-state index in [1.807, 2.05) is 36.8 Å². The largest absolute Gasteiger partial charge is 0.360 e. The van der Waals surface area contributed by atoms with Gasteiger partial charge in [-0.2, -0.15) is 0 Å². The van der Waals surface area contributed by atoms with Crippen LogP contribution in [0.1, 0.15) is 11.6 Å². The van der Waals surface area contributed by atoms with Crippen molar-refractivity contribution < 1.29 is 0 Å². The molecule has 120 valence electrons. The second kappa shape index (κ2) is 6.26. The van der Waals surface area contributed by atoms with Crippen molar-refractivity contribution in [3.05, 3.63) is 71.6 Å². The number of halogens is 1. The lowest BCUT2D eigenvalue weighted by Crippen LogP contribution is -2.33. The van der Waals surface area contributed by atoms with Gasteiger partial charge in [-0.1, -0.05) is 35.9 Å². The normalized spacial score (nSPS) is 14.8. The van der Waals surface area contributed by atoms with Crippen LogP contribution in [0.5, 0.6) is 0 Å². The molecule has 1 atom stereocenters. The number of nitrogens with one attached hydrogen (secondary N) is 2. The van der Waals surface area contributed by atoms with Crippen molar-refractivity contribution in [2.24, 2.45) is 0 Å². The first-order valence-electron chi connectivity index (χ1n) is 7.64. The van der Waals surface area contributed by atoms with Crippen molar-refractivity contribution in [2.75, 3.05) is 11.9 Å². The molecule has 4 rings (SSSR count). The zero-order valence-electron chi connectivity index (χ0n) is 12.7. The highest BCUT2D eigenvalue weighted by atomic mass is 35.5. The monoisotopic (exact) mass is 354 g/mol. The van der Waals surface area contributed by atoms with E-state index < -0.39 is 0 Å². The average molecular weight is 355 g/mol. The summed E-state index contributed by atoms with van der Waals surface area (Å²) in [4.78, 5) is 4.27. The summed E-state index contributed by atoms with van der Waals surface area (Å²) in [6, 6.07) is 16.1. The SMILES string of the molecule is S=C(NCC1c2ccccc2-c2cncn21)Nc1ccc(Cl)cc1. The predicted octanol–water partition coefficient (Wildman–Crippen LogP) is 4.09. The van der Waals surface area contributed by atoms with Gasteiger partial charge < -0.3 is 15.2 Å². The van der Waals surface area contributed by atoms with Crippen LogP contribution in [0.3, 0.4) is 0 Å². The van der Waals surface area contributed by atoms with Crippen LogP contribution in [0, 0.1) is 0 Å². The topological polar surface area (TPSA) is 41.9 Å². The molecule has 2 aromatic carbocycles. The number of rotatable bonds is 3. The van der Waals surface area contributed by atoms with Crippen molar-refractivity contribution in [1.82, 2.24) is 14.9 Å². The number of hydrogen-bond acceptors (Lipinski definition) is 2. The van der Waals surface area contributed by atoms with E-state index in [0.29, 0.717) is 16.7 Å². The fraction of sp³-hybridized carbons (Fsp3) is 0.111. The minimum absolute atomic E-state index is 0.184. The lowest BCUT2D eigenvalue weighted by Gasteiger charge is -2.17. The van der Waals surface area contributed by atoms with Crippen LogP contribution in [0.2, 0.25) is 5.02 Å². The molecule has 0 saturated heterocycles. The molecular formula is C18H15ClN4S. The maximum atomic E-state index is 5.90. The smallest absolute Gasteiger partial charge is 0.170 e. The molecule has 1 aromatic heterocycles. The summed E-state index contributed by atoms with van der Waals surface area (Å²) in [5.74, 6) is 0. The molecule has 4 nitrogen and oxygen atoms in total. The molecule has 24 heavy (non-hydrogen) atoms. The average Bonchev–Trinajstić information content (AvgIpc) is 3.16. The van der Waals surface area contributed by atoms with E-state index in [1.165, 1.54) is 11.1 Å². The van der Waals surface area contributed by atoms with E-state index in [2.05, 4.69) is 44.5 Å². The highest BCUT2D eigenvalue weighted by Gasteiger charge is 2.27. The zero-order chi connectivity index (χ0) is 16.5. The van der Waals surface area contributed by atoms with Crippen LogP contribution in [0.4, 0.5) is 5.69 Å². The van der Waals surface area contributed by atoms with E-state index in [0.717, 1.165) is 11.4 Å². The van der Waals surface area contributed by atoms with Crippen molar-refractivity contribution in [3.8, 4) is 11.3 Å². The Bertz CT molecular complexity index is 888. The van der Waals surface area contributed by atoms with Gasteiger partial charge in [-0.15, -0.1) is 0 Å². The van der Waals surface area contributed by atoms with Gasteiger partial charge in [0.25, 0.3) is 0 Å². The number of fused-ring (bicyclic) bond motifs is 3. The molecular weight excluding hydrogens is 340 g/mol. The molecule has 0 fully saturated rings. The molecule has 1 aliphatic heterocycles. The third-order valence-electron chi connectivity index (χ3n) is 4.16. The van der Waals surface area contributed by atoms with E-state index in [9.17, 15) is 0 Å². The standard InChI is InChI=1S/C18H15ClN4S/c19-12-5-7-13(8-6-12)22-18(24)21-10-17-15-4-2-1-3-14(15)16-9-20-11-23(16)17/h1-9,11,17H,10H2,(H2,21,22,24). The van der Waals surface area contributed by atoms with Crippen molar-refractivity contribution in [1.29, 1.82) is 0 Å². The van der Waals surface area contributed by atoms with Crippen LogP contribution in [-0.4, -0.2) is 21.2 Å². The van der Waals surface area contributed by atoms with Gasteiger partial charge in [-0.25, -0.2) is 4.98 Å². The van der Waals surface area contributed by atoms with Crippen LogP contribution in [0.25, 0.3) is 11.3 Å². The molecule has 1 unspecified atom stereocenters. The fourth-order valence-electron chi connectivity index (χ4n) is 3.04. The molecule has 0 bridgehead atoms. The first-order chi connectivity index (χ1) is 11.7.